The molecule has 76 valence electrons. The van der Waals surface area contributed by atoms with E-state index in [0.717, 1.165) is 5.46 Å². The molecule has 5 nitrogen and oxygen atoms in total. The van der Waals surface area contributed by atoms with Crippen LogP contribution in [0, 0.1) is 0 Å². The fraction of sp³-hybridized carbons (Fsp3) is 0.111. The van der Waals surface area contributed by atoms with Gasteiger partial charge >= 0.3 is 5.69 Å². The molecule has 0 aliphatic rings. The Morgan fingerprint density at radius 1 is 1.27 bits per heavy atom. The Balaban J connectivity index is 2.98. The summed E-state index contributed by atoms with van der Waals surface area (Å²) in [4.78, 5) is 27.3. The summed E-state index contributed by atoms with van der Waals surface area (Å²) in [5.41, 5.74) is 0.439. The van der Waals surface area contributed by atoms with Crippen molar-refractivity contribution in [3.05, 3.63) is 33.0 Å². The van der Waals surface area contributed by atoms with E-state index in [-0.39, 0.29) is 0 Å². The van der Waals surface area contributed by atoms with E-state index in [2.05, 4.69) is 9.97 Å². The second-order valence-corrected chi connectivity index (χ2v) is 3.28. The van der Waals surface area contributed by atoms with Crippen LogP contribution in [0.4, 0.5) is 0 Å². The highest BCUT2D eigenvalue weighted by Gasteiger charge is 2.05. The van der Waals surface area contributed by atoms with Crippen molar-refractivity contribution in [1.29, 1.82) is 0 Å². The maximum atomic E-state index is 11.5. The van der Waals surface area contributed by atoms with Crippen LogP contribution in [0.1, 0.15) is 0 Å². The molecule has 2 N–H and O–H groups in total. The lowest BCUT2D eigenvalue weighted by Gasteiger charge is -2.04. The molecular formula is C9H9BN2O3. The first-order chi connectivity index (χ1) is 7.11. The zero-order chi connectivity index (χ0) is 11.0. The number of aromatic amines is 2. The molecule has 2 aromatic rings. The maximum absolute atomic E-state index is 11.5. The summed E-state index contributed by atoms with van der Waals surface area (Å²) in [5.74, 6) is 0.595. The first-order valence-electron chi connectivity index (χ1n) is 4.43. The number of hydrogen-bond donors (Lipinski definition) is 2. The van der Waals surface area contributed by atoms with E-state index in [1.54, 1.807) is 20.0 Å². The van der Waals surface area contributed by atoms with Crippen LogP contribution in [0.15, 0.2) is 21.7 Å². The third kappa shape index (κ3) is 1.54. The van der Waals surface area contributed by atoms with Gasteiger partial charge in [0.25, 0.3) is 5.56 Å². The molecule has 1 aromatic carbocycles. The van der Waals surface area contributed by atoms with E-state index in [4.69, 9.17) is 4.74 Å². The third-order valence-corrected chi connectivity index (χ3v) is 2.25. The fourth-order valence-electron chi connectivity index (χ4n) is 1.53. The van der Waals surface area contributed by atoms with Crippen molar-refractivity contribution in [3.63, 3.8) is 0 Å². The average Bonchev–Trinajstić information content (AvgIpc) is 2.19. The molecule has 0 atom stereocenters. The number of H-pyrrole nitrogens is 2. The highest BCUT2D eigenvalue weighted by atomic mass is 16.5. The van der Waals surface area contributed by atoms with Gasteiger partial charge in [-0.3, -0.25) is 9.78 Å². The van der Waals surface area contributed by atoms with Crippen molar-refractivity contribution < 1.29 is 4.74 Å². The van der Waals surface area contributed by atoms with Crippen molar-refractivity contribution in [2.45, 2.75) is 0 Å². The lowest BCUT2D eigenvalue weighted by molar-refractivity contribution is 0.415. The molecule has 0 aliphatic heterocycles. The van der Waals surface area contributed by atoms with E-state index >= 15 is 0 Å². The Hall–Kier alpha value is -1.98. The topological polar surface area (TPSA) is 75.0 Å². The molecule has 0 saturated carbocycles. The SMILES string of the molecule is Bc1cc(OC)cc2c(=O)[nH]c(=O)[nH]c12. The van der Waals surface area contributed by atoms with E-state index in [1.165, 1.54) is 7.11 Å². The van der Waals surface area contributed by atoms with Crippen LogP contribution in [-0.2, 0) is 0 Å². The van der Waals surface area contributed by atoms with Gasteiger partial charge in [-0.2, -0.15) is 0 Å². The van der Waals surface area contributed by atoms with Crippen molar-refractivity contribution in [3.8, 4) is 5.75 Å². The van der Waals surface area contributed by atoms with Crippen LogP contribution < -0.4 is 21.4 Å². The van der Waals surface area contributed by atoms with Gasteiger partial charge in [-0.1, -0.05) is 5.46 Å². The Kier molecular flexibility index (Phi) is 2.11. The summed E-state index contributed by atoms with van der Waals surface area (Å²) in [6, 6.07) is 3.36. The molecule has 15 heavy (non-hydrogen) atoms. The molecule has 6 heteroatoms. The first-order valence-corrected chi connectivity index (χ1v) is 4.43. The summed E-state index contributed by atoms with van der Waals surface area (Å²) in [6.07, 6.45) is 0. The molecule has 0 amide bonds. The fourth-order valence-corrected chi connectivity index (χ4v) is 1.53. The second kappa shape index (κ2) is 3.31. The molecule has 2 rings (SSSR count). The van der Waals surface area contributed by atoms with Gasteiger partial charge in [0.1, 0.15) is 13.6 Å². The van der Waals surface area contributed by atoms with Gasteiger partial charge in [-0.05, 0) is 12.1 Å². The summed E-state index contributed by atoms with van der Waals surface area (Å²) in [5, 5.41) is 0.423. The molecule has 0 bridgehead atoms. The number of hydrogen-bond acceptors (Lipinski definition) is 3. The Morgan fingerprint density at radius 2 is 2.00 bits per heavy atom. The smallest absolute Gasteiger partial charge is 0.326 e. The van der Waals surface area contributed by atoms with Crippen LogP contribution in [0.3, 0.4) is 0 Å². The van der Waals surface area contributed by atoms with Crippen molar-refractivity contribution in [2.75, 3.05) is 7.11 Å². The van der Waals surface area contributed by atoms with E-state index < -0.39 is 11.2 Å². The quantitative estimate of drug-likeness (QED) is 0.554. The van der Waals surface area contributed by atoms with Gasteiger partial charge in [0.2, 0.25) is 0 Å². The predicted molar refractivity (Wildman–Crippen MR) is 59.9 cm³/mol. The van der Waals surface area contributed by atoms with Crippen molar-refractivity contribution in [2.24, 2.45) is 0 Å². The number of benzene rings is 1. The Bertz CT molecular complexity index is 629. The largest absolute Gasteiger partial charge is 0.497 e. The summed E-state index contributed by atoms with van der Waals surface area (Å²) in [6.45, 7) is 0. The molecular weight excluding hydrogens is 195 g/mol. The molecule has 0 unspecified atom stereocenters. The number of rotatable bonds is 1. The van der Waals surface area contributed by atoms with Crippen LogP contribution in [0.25, 0.3) is 10.9 Å². The number of aromatic nitrogens is 2. The summed E-state index contributed by atoms with van der Waals surface area (Å²) >= 11 is 0. The molecule has 1 heterocycles. The number of ether oxygens (including phenoxy) is 1. The average molecular weight is 204 g/mol. The normalized spacial score (nSPS) is 10.5. The Labute approximate surface area is 85.5 Å². The maximum Gasteiger partial charge on any atom is 0.326 e. The van der Waals surface area contributed by atoms with Crippen molar-refractivity contribution in [1.82, 2.24) is 9.97 Å². The zero-order valence-corrected chi connectivity index (χ0v) is 8.38. The Morgan fingerprint density at radius 3 is 2.67 bits per heavy atom. The predicted octanol–water partition coefficient (Wildman–Crippen LogP) is -1.52. The molecule has 1 aromatic heterocycles. The van der Waals surface area contributed by atoms with Gasteiger partial charge in [0.15, 0.2) is 0 Å². The van der Waals surface area contributed by atoms with E-state index in [1.807, 2.05) is 0 Å². The highest BCUT2D eigenvalue weighted by Crippen LogP contribution is 2.12. The first kappa shape index (κ1) is 9.58. The third-order valence-electron chi connectivity index (χ3n) is 2.25. The van der Waals surface area contributed by atoms with Gasteiger partial charge in [0.05, 0.1) is 12.5 Å². The monoisotopic (exact) mass is 204 g/mol. The van der Waals surface area contributed by atoms with Crippen LogP contribution in [0.2, 0.25) is 0 Å². The molecule has 0 spiro atoms. The van der Waals surface area contributed by atoms with Gasteiger partial charge in [-0.25, -0.2) is 4.79 Å². The number of methoxy groups -OCH3 is 1. The van der Waals surface area contributed by atoms with E-state index in [9.17, 15) is 9.59 Å². The molecule has 0 saturated heterocycles. The minimum Gasteiger partial charge on any atom is -0.497 e. The van der Waals surface area contributed by atoms with Crippen molar-refractivity contribution >= 4 is 24.2 Å². The standard InChI is InChI=1S/C9H9BN2O3/c1-15-4-2-5-7(6(10)3-4)11-9(14)12-8(5)13/h2-3H,10H2,1H3,(H2,11,12,13,14). The summed E-state index contributed by atoms with van der Waals surface area (Å²) < 4.78 is 5.04. The number of fused-ring (bicyclic) bond motifs is 1. The lowest BCUT2D eigenvalue weighted by Crippen LogP contribution is -2.25. The van der Waals surface area contributed by atoms with Gasteiger partial charge in [-0.15, -0.1) is 0 Å². The minimum absolute atomic E-state index is 0.407. The minimum atomic E-state index is -0.499. The second-order valence-electron chi connectivity index (χ2n) is 3.28. The summed E-state index contributed by atoms with van der Waals surface area (Å²) in [7, 11) is 3.33. The zero-order valence-electron chi connectivity index (χ0n) is 8.38. The van der Waals surface area contributed by atoms with Crippen LogP contribution in [-0.4, -0.2) is 24.9 Å². The van der Waals surface area contributed by atoms with E-state index in [0.29, 0.717) is 16.7 Å². The molecule has 0 radical (unpaired) electrons. The molecule has 0 fully saturated rings. The van der Waals surface area contributed by atoms with Crippen LogP contribution >= 0.6 is 0 Å². The highest BCUT2D eigenvalue weighted by molar-refractivity contribution is 6.38. The van der Waals surface area contributed by atoms with Crippen LogP contribution in [0.5, 0.6) is 5.75 Å². The van der Waals surface area contributed by atoms with Gasteiger partial charge < -0.3 is 9.72 Å². The lowest BCUT2D eigenvalue weighted by atomic mass is 9.93. The van der Waals surface area contributed by atoms with Gasteiger partial charge in [0, 0.05) is 5.52 Å². The molecule has 0 aliphatic carbocycles. The number of nitrogens with one attached hydrogen (secondary N) is 2.